The van der Waals surface area contributed by atoms with Crippen LogP contribution in [-0.2, 0) is 4.79 Å². The summed E-state index contributed by atoms with van der Waals surface area (Å²) in [6.07, 6.45) is 1.62. The van der Waals surface area contributed by atoms with Gasteiger partial charge >= 0.3 is 0 Å². The first-order chi connectivity index (χ1) is 7.29. The third-order valence-electron chi connectivity index (χ3n) is 2.08. The number of carbonyl (C=O) groups is 1. The number of nitrogens with one attached hydrogen (secondary N) is 1. The summed E-state index contributed by atoms with van der Waals surface area (Å²) in [5, 5.41) is 3.50. The Balaban J connectivity index is 2.11. The smallest absolute Gasteiger partial charge is 0.257 e. The predicted octanol–water partition coefficient (Wildman–Crippen LogP) is 1.56. The van der Waals surface area contributed by atoms with Gasteiger partial charge in [0.15, 0.2) is 6.61 Å². The van der Waals surface area contributed by atoms with E-state index in [1.165, 1.54) is 0 Å². The summed E-state index contributed by atoms with van der Waals surface area (Å²) in [5.41, 5.74) is 0.754. The van der Waals surface area contributed by atoms with Gasteiger partial charge in [-0.1, -0.05) is 0 Å². The van der Waals surface area contributed by atoms with Crippen LogP contribution >= 0.6 is 0 Å². The van der Waals surface area contributed by atoms with Crippen LogP contribution in [0.1, 0.15) is 0 Å². The van der Waals surface area contributed by atoms with Gasteiger partial charge in [0.05, 0.1) is 6.26 Å². The van der Waals surface area contributed by atoms with Gasteiger partial charge in [0.2, 0.25) is 0 Å². The van der Waals surface area contributed by atoms with E-state index < -0.39 is 0 Å². The number of rotatable bonds is 3. The molecule has 1 amide bonds. The maximum Gasteiger partial charge on any atom is 0.257 e. The van der Waals surface area contributed by atoms with Crippen LogP contribution in [0, 0.1) is 0 Å². The molecule has 4 heteroatoms. The largest absolute Gasteiger partial charge is 0.484 e. The van der Waals surface area contributed by atoms with Crippen molar-refractivity contribution in [1.29, 1.82) is 0 Å². The first-order valence-corrected chi connectivity index (χ1v) is 4.60. The van der Waals surface area contributed by atoms with E-state index in [4.69, 9.17) is 9.15 Å². The number of ether oxygens (including phenoxy) is 1. The lowest BCUT2D eigenvalue weighted by atomic mass is 10.2. The Kier molecular flexibility index (Phi) is 2.58. The molecule has 15 heavy (non-hydrogen) atoms. The first-order valence-electron chi connectivity index (χ1n) is 4.60. The number of hydrogen-bond acceptors (Lipinski definition) is 3. The molecule has 2 aromatic rings. The molecule has 1 aromatic carbocycles. The van der Waals surface area contributed by atoms with E-state index in [1.807, 2.05) is 12.1 Å². The highest BCUT2D eigenvalue weighted by molar-refractivity contribution is 5.79. The average Bonchev–Trinajstić information content (AvgIpc) is 2.72. The molecule has 0 unspecified atom stereocenters. The van der Waals surface area contributed by atoms with Gasteiger partial charge in [0.1, 0.15) is 11.3 Å². The lowest BCUT2D eigenvalue weighted by Gasteiger charge is -2.04. The highest BCUT2D eigenvalue weighted by Crippen LogP contribution is 2.21. The van der Waals surface area contributed by atoms with E-state index in [1.54, 1.807) is 25.4 Å². The topological polar surface area (TPSA) is 51.5 Å². The minimum absolute atomic E-state index is 0.0166. The second-order valence-electron chi connectivity index (χ2n) is 3.08. The summed E-state index contributed by atoms with van der Waals surface area (Å²) in [6.45, 7) is 0.0166. The van der Waals surface area contributed by atoms with Gasteiger partial charge in [-0.2, -0.15) is 0 Å². The molecule has 0 aliphatic rings. The van der Waals surface area contributed by atoms with E-state index in [0.29, 0.717) is 5.75 Å². The SMILES string of the molecule is CNC(=O)COc1ccc2ccoc2c1. The Labute approximate surface area is 86.8 Å². The fourth-order valence-corrected chi connectivity index (χ4v) is 1.25. The van der Waals surface area contributed by atoms with Crippen LogP contribution in [-0.4, -0.2) is 19.6 Å². The summed E-state index contributed by atoms with van der Waals surface area (Å²) in [5.74, 6) is 0.468. The highest BCUT2D eigenvalue weighted by Gasteiger charge is 2.02. The van der Waals surface area contributed by atoms with Gasteiger partial charge < -0.3 is 14.5 Å². The van der Waals surface area contributed by atoms with Crippen LogP contribution in [0.4, 0.5) is 0 Å². The standard InChI is InChI=1S/C11H11NO3/c1-12-11(13)7-15-9-3-2-8-4-5-14-10(8)6-9/h2-6H,7H2,1H3,(H,12,13). The van der Waals surface area contributed by atoms with Crippen molar-refractivity contribution >= 4 is 16.9 Å². The summed E-state index contributed by atoms with van der Waals surface area (Å²) >= 11 is 0. The molecule has 1 aromatic heterocycles. The lowest BCUT2D eigenvalue weighted by molar-refractivity contribution is -0.122. The maximum atomic E-state index is 10.9. The molecular weight excluding hydrogens is 194 g/mol. The molecule has 78 valence electrons. The average molecular weight is 205 g/mol. The fourth-order valence-electron chi connectivity index (χ4n) is 1.25. The molecule has 1 heterocycles. The Morgan fingerprint density at radius 1 is 1.47 bits per heavy atom. The highest BCUT2D eigenvalue weighted by atomic mass is 16.5. The Bertz CT molecular complexity index is 475. The maximum absolute atomic E-state index is 10.9. The van der Waals surface area contributed by atoms with Gasteiger partial charge in [-0.25, -0.2) is 0 Å². The number of amides is 1. The number of carbonyl (C=O) groups excluding carboxylic acids is 1. The molecule has 0 saturated carbocycles. The van der Waals surface area contributed by atoms with E-state index in [9.17, 15) is 4.79 Å². The summed E-state index contributed by atoms with van der Waals surface area (Å²) in [6, 6.07) is 7.33. The molecule has 0 atom stereocenters. The molecule has 1 N–H and O–H groups in total. The summed E-state index contributed by atoms with van der Waals surface area (Å²) in [7, 11) is 1.57. The lowest BCUT2D eigenvalue weighted by Crippen LogP contribution is -2.24. The minimum atomic E-state index is -0.158. The van der Waals surface area contributed by atoms with Crippen LogP contribution in [0.25, 0.3) is 11.0 Å². The predicted molar refractivity (Wildman–Crippen MR) is 55.8 cm³/mol. The Morgan fingerprint density at radius 3 is 3.13 bits per heavy atom. The van der Waals surface area contributed by atoms with Crippen molar-refractivity contribution in [2.45, 2.75) is 0 Å². The van der Waals surface area contributed by atoms with E-state index in [-0.39, 0.29) is 12.5 Å². The second-order valence-corrected chi connectivity index (χ2v) is 3.08. The van der Waals surface area contributed by atoms with Gasteiger partial charge in [0.25, 0.3) is 5.91 Å². The monoisotopic (exact) mass is 205 g/mol. The summed E-state index contributed by atoms with van der Waals surface area (Å²) in [4.78, 5) is 10.9. The van der Waals surface area contributed by atoms with Crippen molar-refractivity contribution in [3.63, 3.8) is 0 Å². The third-order valence-corrected chi connectivity index (χ3v) is 2.08. The zero-order valence-electron chi connectivity index (χ0n) is 8.32. The van der Waals surface area contributed by atoms with Crippen molar-refractivity contribution in [1.82, 2.24) is 5.32 Å². The van der Waals surface area contributed by atoms with E-state index >= 15 is 0 Å². The normalized spacial score (nSPS) is 10.2. The number of fused-ring (bicyclic) bond motifs is 1. The minimum Gasteiger partial charge on any atom is -0.484 e. The Morgan fingerprint density at radius 2 is 2.33 bits per heavy atom. The quantitative estimate of drug-likeness (QED) is 0.827. The molecule has 0 saturated heterocycles. The number of furan rings is 1. The molecular formula is C11H11NO3. The molecule has 2 rings (SSSR count). The third kappa shape index (κ3) is 2.10. The molecule has 4 nitrogen and oxygen atoms in total. The first kappa shape index (κ1) is 9.58. The number of hydrogen-bond donors (Lipinski definition) is 1. The van der Waals surface area contributed by atoms with Crippen molar-refractivity contribution in [2.75, 3.05) is 13.7 Å². The van der Waals surface area contributed by atoms with E-state index in [2.05, 4.69) is 5.32 Å². The van der Waals surface area contributed by atoms with Crippen LogP contribution in [0.2, 0.25) is 0 Å². The van der Waals surface area contributed by atoms with Crippen LogP contribution in [0.3, 0.4) is 0 Å². The van der Waals surface area contributed by atoms with Gasteiger partial charge in [-0.05, 0) is 18.2 Å². The molecule has 0 fully saturated rings. The van der Waals surface area contributed by atoms with Crippen LogP contribution < -0.4 is 10.1 Å². The van der Waals surface area contributed by atoms with Crippen molar-refractivity contribution < 1.29 is 13.9 Å². The number of likely N-dealkylation sites (N-methyl/N-ethyl adjacent to an activating group) is 1. The van der Waals surface area contributed by atoms with Crippen LogP contribution in [0.15, 0.2) is 34.9 Å². The Hall–Kier alpha value is -1.97. The van der Waals surface area contributed by atoms with Gasteiger partial charge in [0, 0.05) is 18.5 Å². The number of benzene rings is 1. The second kappa shape index (κ2) is 4.04. The van der Waals surface area contributed by atoms with Crippen molar-refractivity contribution in [3.05, 3.63) is 30.5 Å². The zero-order chi connectivity index (χ0) is 10.7. The molecule has 0 radical (unpaired) electrons. The molecule has 0 spiro atoms. The molecule has 0 bridgehead atoms. The molecule has 0 aliphatic heterocycles. The van der Waals surface area contributed by atoms with Crippen molar-refractivity contribution in [2.24, 2.45) is 0 Å². The van der Waals surface area contributed by atoms with Crippen molar-refractivity contribution in [3.8, 4) is 5.75 Å². The fraction of sp³-hybridized carbons (Fsp3) is 0.182. The summed E-state index contributed by atoms with van der Waals surface area (Å²) < 4.78 is 10.5. The molecule has 0 aliphatic carbocycles. The van der Waals surface area contributed by atoms with Gasteiger partial charge in [-0.3, -0.25) is 4.79 Å². The van der Waals surface area contributed by atoms with Crippen LogP contribution in [0.5, 0.6) is 5.75 Å². The zero-order valence-corrected chi connectivity index (χ0v) is 8.32. The van der Waals surface area contributed by atoms with Gasteiger partial charge in [-0.15, -0.1) is 0 Å². The van der Waals surface area contributed by atoms with E-state index in [0.717, 1.165) is 11.0 Å².